The van der Waals surface area contributed by atoms with E-state index in [-0.39, 0.29) is 17.6 Å². The highest BCUT2D eigenvalue weighted by atomic mass is 79.9. The molecule has 1 aromatic carbocycles. The van der Waals surface area contributed by atoms with Gasteiger partial charge in [-0.25, -0.2) is 0 Å². The molecule has 0 radical (unpaired) electrons. The second-order valence-corrected chi connectivity index (χ2v) is 7.76. The Morgan fingerprint density at radius 3 is 2.50 bits per heavy atom. The third-order valence-electron chi connectivity index (χ3n) is 3.33. The van der Waals surface area contributed by atoms with Gasteiger partial charge in [0.1, 0.15) is 5.75 Å². The van der Waals surface area contributed by atoms with Crippen LogP contribution in [0.2, 0.25) is 0 Å². The maximum absolute atomic E-state index is 11.8. The third-order valence-corrected chi connectivity index (χ3v) is 4.65. The van der Waals surface area contributed by atoms with Crippen LogP contribution in [-0.4, -0.2) is 23.5 Å². The van der Waals surface area contributed by atoms with Gasteiger partial charge in [0, 0.05) is 10.9 Å². The van der Waals surface area contributed by atoms with Crippen molar-refractivity contribution in [2.75, 3.05) is 6.61 Å². The Labute approximate surface area is 176 Å². The molecule has 0 heterocycles. The van der Waals surface area contributed by atoms with Crippen LogP contribution in [0.15, 0.2) is 27.1 Å². The number of nitrogens with one attached hydrogen (secondary N) is 3. The number of hydrogen-bond donors (Lipinski definition) is 3. The third kappa shape index (κ3) is 10.1. The largest absolute Gasteiger partial charge is 0.483 e. The number of benzene rings is 1. The predicted octanol–water partition coefficient (Wildman–Crippen LogP) is 3.97. The van der Waals surface area contributed by atoms with Gasteiger partial charge >= 0.3 is 0 Å². The number of ether oxygens (including phenoxy) is 1. The van der Waals surface area contributed by atoms with Crippen LogP contribution in [0.4, 0.5) is 0 Å². The van der Waals surface area contributed by atoms with E-state index >= 15 is 0 Å². The highest BCUT2D eigenvalue weighted by Crippen LogP contribution is 2.27. The Morgan fingerprint density at radius 2 is 1.81 bits per heavy atom. The van der Waals surface area contributed by atoms with Gasteiger partial charge in [0.2, 0.25) is 5.91 Å². The average molecular weight is 509 g/mol. The van der Waals surface area contributed by atoms with Crippen molar-refractivity contribution in [3.63, 3.8) is 0 Å². The van der Waals surface area contributed by atoms with Crippen molar-refractivity contribution < 1.29 is 14.3 Å². The molecule has 0 unspecified atom stereocenters. The summed E-state index contributed by atoms with van der Waals surface area (Å²) in [6.45, 7) is 1.95. The predicted molar refractivity (Wildman–Crippen MR) is 113 cm³/mol. The van der Waals surface area contributed by atoms with Crippen LogP contribution in [-0.2, 0) is 9.59 Å². The van der Waals surface area contributed by atoms with Gasteiger partial charge in [-0.2, -0.15) is 0 Å². The van der Waals surface area contributed by atoms with Gasteiger partial charge < -0.3 is 10.1 Å². The topological polar surface area (TPSA) is 79.5 Å². The SMILES string of the molecule is CCCCCCCC(=O)NC(=S)NNC(=O)COc1ccc(Br)cc1Br. The zero-order valence-electron chi connectivity index (χ0n) is 14.6. The lowest BCUT2D eigenvalue weighted by Crippen LogP contribution is -2.49. The van der Waals surface area contributed by atoms with Crippen molar-refractivity contribution in [3.8, 4) is 5.75 Å². The zero-order chi connectivity index (χ0) is 19.4. The van der Waals surface area contributed by atoms with E-state index in [1.54, 1.807) is 6.07 Å². The fraction of sp³-hybridized carbons (Fsp3) is 0.471. The number of carbonyl (C=O) groups excluding carboxylic acids is 2. The van der Waals surface area contributed by atoms with E-state index in [0.29, 0.717) is 12.2 Å². The van der Waals surface area contributed by atoms with Crippen LogP contribution in [0.25, 0.3) is 0 Å². The molecule has 6 nitrogen and oxygen atoms in total. The van der Waals surface area contributed by atoms with E-state index in [0.717, 1.165) is 28.2 Å². The summed E-state index contributed by atoms with van der Waals surface area (Å²) in [5, 5.41) is 2.59. The molecule has 0 saturated carbocycles. The molecular formula is C17H23Br2N3O3S. The van der Waals surface area contributed by atoms with Gasteiger partial charge in [-0.3, -0.25) is 20.4 Å². The van der Waals surface area contributed by atoms with Gasteiger partial charge in [0.15, 0.2) is 11.7 Å². The number of unbranched alkanes of at least 4 members (excludes halogenated alkanes) is 4. The molecular weight excluding hydrogens is 486 g/mol. The fourth-order valence-electron chi connectivity index (χ4n) is 2.01. The van der Waals surface area contributed by atoms with Crippen molar-refractivity contribution in [1.29, 1.82) is 0 Å². The monoisotopic (exact) mass is 507 g/mol. The number of hydrogen-bond acceptors (Lipinski definition) is 4. The van der Waals surface area contributed by atoms with Crippen molar-refractivity contribution >= 4 is 61.0 Å². The Morgan fingerprint density at radius 1 is 1.08 bits per heavy atom. The summed E-state index contributed by atoms with van der Waals surface area (Å²) in [4.78, 5) is 23.5. The number of hydrazine groups is 1. The average Bonchev–Trinajstić information content (AvgIpc) is 2.59. The van der Waals surface area contributed by atoms with Crippen LogP contribution in [0.5, 0.6) is 5.75 Å². The summed E-state index contributed by atoms with van der Waals surface area (Å²) in [6, 6.07) is 5.36. The summed E-state index contributed by atoms with van der Waals surface area (Å²) in [6.07, 6.45) is 5.77. The molecule has 0 atom stereocenters. The maximum Gasteiger partial charge on any atom is 0.276 e. The molecule has 0 aromatic heterocycles. The number of thiocarbonyl (C=S) groups is 1. The smallest absolute Gasteiger partial charge is 0.276 e. The lowest BCUT2D eigenvalue weighted by Gasteiger charge is -2.12. The van der Waals surface area contributed by atoms with Crippen LogP contribution in [0.3, 0.4) is 0 Å². The molecule has 0 aliphatic rings. The molecule has 2 amide bonds. The van der Waals surface area contributed by atoms with Crippen molar-refractivity contribution in [1.82, 2.24) is 16.2 Å². The van der Waals surface area contributed by atoms with Crippen LogP contribution in [0, 0.1) is 0 Å². The first kappa shape index (κ1) is 22.9. The molecule has 0 fully saturated rings. The Kier molecular flexibility index (Phi) is 11.5. The Hall–Kier alpha value is -1.19. The number of amides is 2. The second kappa shape index (κ2) is 13.1. The molecule has 3 N–H and O–H groups in total. The summed E-state index contributed by atoms with van der Waals surface area (Å²) in [5.74, 6) is -0.0402. The molecule has 0 bridgehead atoms. The highest BCUT2D eigenvalue weighted by molar-refractivity contribution is 9.11. The Balaban J connectivity index is 2.19. The summed E-state index contributed by atoms with van der Waals surface area (Å²) < 4.78 is 7.03. The molecule has 1 rings (SSSR count). The summed E-state index contributed by atoms with van der Waals surface area (Å²) in [5.41, 5.74) is 4.86. The first-order chi connectivity index (χ1) is 12.4. The standard InChI is InChI=1S/C17H23Br2N3O3S/c1-2-3-4-5-6-7-15(23)20-17(26)22-21-16(24)11-25-14-9-8-12(18)10-13(14)19/h8-10H,2-7,11H2,1H3,(H,21,24)(H2,20,22,23,26). The van der Waals surface area contributed by atoms with E-state index in [9.17, 15) is 9.59 Å². The van der Waals surface area contributed by atoms with Gasteiger partial charge in [0.25, 0.3) is 5.91 Å². The van der Waals surface area contributed by atoms with E-state index in [1.807, 2.05) is 12.1 Å². The zero-order valence-corrected chi connectivity index (χ0v) is 18.6. The van der Waals surface area contributed by atoms with E-state index in [1.165, 1.54) is 12.8 Å². The molecule has 144 valence electrons. The van der Waals surface area contributed by atoms with Gasteiger partial charge in [-0.05, 0) is 52.8 Å². The van der Waals surface area contributed by atoms with Crippen molar-refractivity contribution in [3.05, 3.63) is 27.1 Å². The quantitative estimate of drug-likeness (QED) is 0.267. The van der Waals surface area contributed by atoms with Crippen LogP contribution in [0.1, 0.15) is 45.4 Å². The summed E-state index contributed by atoms with van der Waals surface area (Å²) >= 11 is 11.7. The summed E-state index contributed by atoms with van der Waals surface area (Å²) in [7, 11) is 0. The van der Waals surface area contributed by atoms with Crippen LogP contribution >= 0.6 is 44.1 Å². The molecule has 0 aliphatic carbocycles. The highest BCUT2D eigenvalue weighted by Gasteiger charge is 2.08. The molecule has 0 spiro atoms. The molecule has 0 aliphatic heterocycles. The number of rotatable bonds is 9. The molecule has 26 heavy (non-hydrogen) atoms. The number of halogens is 2. The Bertz CT molecular complexity index is 629. The van der Waals surface area contributed by atoms with E-state index < -0.39 is 5.91 Å². The molecule has 9 heteroatoms. The van der Waals surface area contributed by atoms with E-state index in [4.69, 9.17) is 17.0 Å². The minimum absolute atomic E-state index is 0.0572. The van der Waals surface area contributed by atoms with Crippen molar-refractivity contribution in [2.45, 2.75) is 45.4 Å². The lowest BCUT2D eigenvalue weighted by atomic mass is 10.1. The first-order valence-electron chi connectivity index (χ1n) is 8.39. The maximum atomic E-state index is 11.8. The van der Waals surface area contributed by atoms with Gasteiger partial charge in [-0.15, -0.1) is 0 Å². The molecule has 0 saturated heterocycles. The first-order valence-corrected chi connectivity index (χ1v) is 10.4. The minimum Gasteiger partial charge on any atom is -0.483 e. The number of carbonyl (C=O) groups is 2. The minimum atomic E-state index is -0.420. The van der Waals surface area contributed by atoms with Gasteiger partial charge in [-0.1, -0.05) is 48.5 Å². The fourth-order valence-corrected chi connectivity index (χ4v) is 3.33. The van der Waals surface area contributed by atoms with Gasteiger partial charge in [0.05, 0.1) is 4.47 Å². The molecule has 1 aromatic rings. The second-order valence-electron chi connectivity index (χ2n) is 5.58. The van der Waals surface area contributed by atoms with Crippen molar-refractivity contribution in [2.24, 2.45) is 0 Å². The van der Waals surface area contributed by atoms with E-state index in [2.05, 4.69) is 55.0 Å². The lowest BCUT2D eigenvalue weighted by molar-refractivity contribution is -0.124. The normalized spacial score (nSPS) is 10.1. The van der Waals surface area contributed by atoms with Crippen LogP contribution < -0.4 is 20.9 Å².